The van der Waals surface area contributed by atoms with E-state index in [2.05, 4.69) is 15.9 Å². The van der Waals surface area contributed by atoms with Crippen LogP contribution in [0.1, 0.15) is 10.4 Å². The number of methoxy groups -OCH3 is 1. The van der Waals surface area contributed by atoms with E-state index in [-0.39, 0.29) is 5.56 Å². The summed E-state index contributed by atoms with van der Waals surface area (Å²) in [5.74, 6) is -0.227. The molecule has 0 bridgehead atoms. The normalized spacial score (nSPS) is 10.9. The van der Waals surface area contributed by atoms with Crippen molar-refractivity contribution in [2.24, 2.45) is 0 Å². The molecule has 0 heterocycles. The molecule has 0 spiro atoms. The number of nitrogens with one attached hydrogen (secondary N) is 1. The van der Waals surface area contributed by atoms with Gasteiger partial charge >= 0.3 is 0 Å². The van der Waals surface area contributed by atoms with Gasteiger partial charge in [0.25, 0.3) is 5.91 Å². The fraction of sp³-hybridized carbons (Fsp3) is 0.222. The van der Waals surface area contributed by atoms with E-state index in [4.69, 9.17) is 4.74 Å². The summed E-state index contributed by atoms with van der Waals surface area (Å²) >= 11 is 3.23. The van der Waals surface area contributed by atoms with Gasteiger partial charge < -0.3 is 4.74 Å². The van der Waals surface area contributed by atoms with Crippen LogP contribution < -0.4 is 9.46 Å². The van der Waals surface area contributed by atoms with Gasteiger partial charge in [-0.3, -0.25) is 4.79 Å². The number of sulfonamides is 1. The second kappa shape index (κ2) is 4.84. The zero-order valence-electron chi connectivity index (χ0n) is 8.65. The van der Waals surface area contributed by atoms with Gasteiger partial charge in [0.15, 0.2) is 0 Å². The summed E-state index contributed by atoms with van der Waals surface area (Å²) in [6.07, 6.45) is 0.918. The van der Waals surface area contributed by atoms with Crippen molar-refractivity contribution in [2.75, 3.05) is 13.4 Å². The Morgan fingerprint density at radius 2 is 2.06 bits per heavy atom. The van der Waals surface area contributed by atoms with E-state index in [1.807, 2.05) is 4.72 Å². The minimum atomic E-state index is -3.55. The van der Waals surface area contributed by atoms with Crippen LogP contribution in [0.3, 0.4) is 0 Å². The van der Waals surface area contributed by atoms with Crippen LogP contribution in [0.2, 0.25) is 0 Å². The molecule has 88 valence electrons. The lowest BCUT2D eigenvalue weighted by Crippen LogP contribution is -2.29. The summed E-state index contributed by atoms with van der Waals surface area (Å²) in [4.78, 5) is 11.5. The van der Waals surface area contributed by atoms with Gasteiger partial charge in [-0.25, -0.2) is 13.1 Å². The summed E-state index contributed by atoms with van der Waals surface area (Å²) in [5, 5.41) is 0. The molecule has 0 fully saturated rings. The minimum absolute atomic E-state index is 0.213. The average Bonchev–Trinajstić information content (AvgIpc) is 2.15. The summed E-state index contributed by atoms with van der Waals surface area (Å²) in [6.45, 7) is 0. The lowest BCUT2D eigenvalue weighted by Gasteiger charge is -2.06. The van der Waals surface area contributed by atoms with E-state index in [0.717, 1.165) is 6.26 Å². The third-order valence-corrected chi connectivity index (χ3v) is 2.90. The number of carbonyl (C=O) groups excluding carboxylic acids is 1. The van der Waals surface area contributed by atoms with Gasteiger partial charge in [-0.1, -0.05) is 0 Å². The summed E-state index contributed by atoms with van der Waals surface area (Å²) in [5.41, 5.74) is 0.213. The molecule has 16 heavy (non-hydrogen) atoms. The standard InChI is InChI=1S/C9H10BrNO4S/c1-15-8-5-6(3-4-7(8)10)9(12)11-16(2,13)14/h3-5H,1-2H3,(H,11,12). The van der Waals surface area contributed by atoms with Crippen molar-refractivity contribution in [3.8, 4) is 5.75 Å². The molecule has 0 aliphatic carbocycles. The SMILES string of the molecule is COc1cc(C(=O)NS(C)(=O)=O)ccc1Br. The molecule has 5 nitrogen and oxygen atoms in total. The fourth-order valence-electron chi connectivity index (χ4n) is 1.03. The topological polar surface area (TPSA) is 72.5 Å². The first-order valence-corrected chi connectivity index (χ1v) is 6.87. The van der Waals surface area contributed by atoms with E-state index in [9.17, 15) is 13.2 Å². The van der Waals surface area contributed by atoms with Crippen molar-refractivity contribution in [3.05, 3.63) is 28.2 Å². The number of hydrogen-bond donors (Lipinski definition) is 1. The quantitative estimate of drug-likeness (QED) is 0.909. The number of hydrogen-bond acceptors (Lipinski definition) is 4. The number of carbonyl (C=O) groups is 1. The third-order valence-electron chi connectivity index (χ3n) is 1.69. The van der Waals surface area contributed by atoms with Crippen LogP contribution in [0.5, 0.6) is 5.75 Å². The molecule has 0 aliphatic heterocycles. The molecular formula is C9H10BrNO4S. The Hall–Kier alpha value is -1.08. The highest BCUT2D eigenvalue weighted by atomic mass is 79.9. The van der Waals surface area contributed by atoms with Crippen LogP contribution in [0.4, 0.5) is 0 Å². The molecule has 1 amide bonds. The van der Waals surface area contributed by atoms with Crippen LogP contribution in [-0.4, -0.2) is 27.7 Å². The number of amides is 1. The Morgan fingerprint density at radius 3 is 2.56 bits per heavy atom. The fourth-order valence-corrected chi connectivity index (χ4v) is 1.89. The van der Waals surface area contributed by atoms with Gasteiger partial charge in [0.2, 0.25) is 10.0 Å². The molecule has 0 saturated heterocycles. The van der Waals surface area contributed by atoms with Crippen LogP contribution >= 0.6 is 15.9 Å². The smallest absolute Gasteiger partial charge is 0.264 e. The van der Waals surface area contributed by atoms with E-state index in [1.54, 1.807) is 6.07 Å². The Kier molecular flexibility index (Phi) is 3.93. The number of ether oxygens (including phenoxy) is 1. The zero-order chi connectivity index (χ0) is 12.3. The molecule has 0 atom stereocenters. The molecule has 1 aromatic carbocycles. The summed E-state index contributed by atoms with van der Waals surface area (Å²) in [6, 6.07) is 4.55. The second-order valence-corrected chi connectivity index (χ2v) is 5.66. The highest BCUT2D eigenvalue weighted by Crippen LogP contribution is 2.25. The van der Waals surface area contributed by atoms with Crippen molar-refractivity contribution < 1.29 is 17.9 Å². The highest BCUT2D eigenvalue weighted by Gasteiger charge is 2.12. The highest BCUT2D eigenvalue weighted by molar-refractivity contribution is 9.10. The van der Waals surface area contributed by atoms with Crippen LogP contribution in [0, 0.1) is 0 Å². The van der Waals surface area contributed by atoms with E-state index < -0.39 is 15.9 Å². The largest absolute Gasteiger partial charge is 0.496 e. The van der Waals surface area contributed by atoms with Gasteiger partial charge in [-0.05, 0) is 34.1 Å². The number of halogens is 1. The van der Waals surface area contributed by atoms with Crippen LogP contribution in [-0.2, 0) is 10.0 Å². The van der Waals surface area contributed by atoms with Crippen molar-refractivity contribution in [2.45, 2.75) is 0 Å². The maximum Gasteiger partial charge on any atom is 0.264 e. The molecule has 0 aliphatic rings. The van der Waals surface area contributed by atoms with Gasteiger partial charge in [-0.2, -0.15) is 0 Å². The zero-order valence-corrected chi connectivity index (χ0v) is 11.1. The molecule has 7 heteroatoms. The monoisotopic (exact) mass is 307 g/mol. The first kappa shape index (κ1) is 13.0. The van der Waals surface area contributed by atoms with Gasteiger partial charge in [0, 0.05) is 5.56 Å². The number of rotatable bonds is 3. The number of benzene rings is 1. The summed E-state index contributed by atoms with van der Waals surface area (Å²) < 4.78 is 29.3. The van der Waals surface area contributed by atoms with Gasteiger partial charge in [0.1, 0.15) is 5.75 Å². The first-order chi connectivity index (χ1) is 7.33. The van der Waals surface area contributed by atoms with Crippen molar-refractivity contribution in [3.63, 3.8) is 0 Å². The molecule has 0 saturated carbocycles. The van der Waals surface area contributed by atoms with Gasteiger partial charge in [-0.15, -0.1) is 0 Å². The summed E-state index contributed by atoms with van der Waals surface area (Å²) in [7, 11) is -2.10. The maximum atomic E-state index is 11.5. The first-order valence-electron chi connectivity index (χ1n) is 4.19. The van der Waals surface area contributed by atoms with Gasteiger partial charge in [0.05, 0.1) is 17.8 Å². The molecule has 0 aromatic heterocycles. The van der Waals surface area contributed by atoms with Crippen molar-refractivity contribution >= 4 is 31.9 Å². The molecule has 0 unspecified atom stereocenters. The second-order valence-electron chi connectivity index (χ2n) is 3.05. The van der Waals surface area contributed by atoms with E-state index >= 15 is 0 Å². The Labute approximate surface area is 102 Å². The molecule has 1 N–H and O–H groups in total. The lowest BCUT2D eigenvalue weighted by atomic mass is 10.2. The van der Waals surface area contributed by atoms with Crippen molar-refractivity contribution in [1.82, 2.24) is 4.72 Å². The molecule has 0 radical (unpaired) electrons. The predicted octanol–water partition coefficient (Wildman–Crippen LogP) is 1.15. The van der Waals surface area contributed by atoms with E-state index in [1.165, 1.54) is 19.2 Å². The average molecular weight is 308 g/mol. The van der Waals surface area contributed by atoms with Crippen LogP contribution in [0.15, 0.2) is 22.7 Å². The predicted molar refractivity (Wildman–Crippen MR) is 63.0 cm³/mol. The molecule has 1 aromatic rings. The Morgan fingerprint density at radius 1 is 1.44 bits per heavy atom. The Balaban J connectivity index is 3.01. The van der Waals surface area contributed by atoms with Crippen LogP contribution in [0.25, 0.3) is 0 Å². The molecule has 1 rings (SSSR count). The minimum Gasteiger partial charge on any atom is -0.496 e. The third kappa shape index (κ3) is 3.49. The van der Waals surface area contributed by atoms with E-state index in [0.29, 0.717) is 10.2 Å². The lowest BCUT2D eigenvalue weighted by molar-refractivity contribution is 0.0981. The molecular weight excluding hydrogens is 298 g/mol. The Bertz CT molecular complexity index is 512. The maximum absolute atomic E-state index is 11.5. The van der Waals surface area contributed by atoms with Crippen molar-refractivity contribution in [1.29, 1.82) is 0 Å².